The summed E-state index contributed by atoms with van der Waals surface area (Å²) in [5, 5.41) is 3.55. The van der Waals surface area contributed by atoms with E-state index in [1.165, 1.54) is 11.1 Å². The number of nitrogens with one attached hydrogen (secondary N) is 1. The SMILES string of the molecule is Cc1cc(C)c(Nc2nc3cccc(N(CCOCc4ccccc4)CCOCc4ccccc4)c3n2C)c(C)n1. The highest BCUT2D eigenvalue weighted by molar-refractivity contribution is 5.91. The molecule has 0 aliphatic rings. The lowest BCUT2D eigenvalue weighted by molar-refractivity contribution is 0.115. The van der Waals surface area contributed by atoms with Gasteiger partial charge in [0.15, 0.2) is 0 Å². The number of aryl methyl sites for hydroxylation is 4. The average molecular weight is 550 g/mol. The minimum atomic E-state index is 0.590. The predicted molar refractivity (Wildman–Crippen MR) is 167 cm³/mol. The van der Waals surface area contributed by atoms with Gasteiger partial charge < -0.3 is 24.3 Å². The first kappa shape index (κ1) is 28.3. The number of para-hydroxylation sites is 1. The molecule has 1 N–H and O–H groups in total. The van der Waals surface area contributed by atoms with E-state index >= 15 is 0 Å². The van der Waals surface area contributed by atoms with Gasteiger partial charge in [-0.3, -0.25) is 4.98 Å². The molecule has 7 heteroatoms. The number of rotatable bonds is 13. The number of hydrogen-bond acceptors (Lipinski definition) is 6. The third-order valence-electron chi connectivity index (χ3n) is 7.21. The van der Waals surface area contributed by atoms with E-state index in [9.17, 15) is 0 Å². The van der Waals surface area contributed by atoms with E-state index in [4.69, 9.17) is 14.5 Å². The normalized spacial score (nSPS) is 11.2. The van der Waals surface area contributed by atoms with Crippen LogP contribution in [-0.4, -0.2) is 40.8 Å². The number of aromatic nitrogens is 3. The maximum Gasteiger partial charge on any atom is 0.208 e. The van der Waals surface area contributed by atoms with Crippen LogP contribution in [0.25, 0.3) is 11.0 Å². The van der Waals surface area contributed by atoms with Crippen molar-refractivity contribution in [3.8, 4) is 0 Å². The zero-order chi connectivity index (χ0) is 28.6. The Kier molecular flexibility index (Phi) is 9.29. The Morgan fingerprint density at radius 1 is 0.756 bits per heavy atom. The van der Waals surface area contributed by atoms with Gasteiger partial charge in [-0.15, -0.1) is 0 Å². The van der Waals surface area contributed by atoms with Crippen molar-refractivity contribution in [2.75, 3.05) is 36.5 Å². The second-order valence-corrected chi connectivity index (χ2v) is 10.4. The van der Waals surface area contributed by atoms with Crippen LogP contribution in [0.2, 0.25) is 0 Å². The van der Waals surface area contributed by atoms with E-state index in [0.717, 1.165) is 58.4 Å². The lowest BCUT2D eigenvalue weighted by Crippen LogP contribution is -2.31. The Hall–Kier alpha value is -4.20. The number of anilines is 3. The van der Waals surface area contributed by atoms with Crippen molar-refractivity contribution in [1.29, 1.82) is 0 Å². The molecule has 0 unspecified atom stereocenters. The van der Waals surface area contributed by atoms with Crippen LogP contribution in [0.5, 0.6) is 0 Å². The lowest BCUT2D eigenvalue weighted by Gasteiger charge is -2.26. The average Bonchev–Trinajstić information content (AvgIpc) is 3.30. The maximum absolute atomic E-state index is 6.09. The number of nitrogens with zero attached hydrogens (tertiary/aromatic N) is 4. The molecule has 2 aromatic heterocycles. The van der Waals surface area contributed by atoms with E-state index < -0.39 is 0 Å². The van der Waals surface area contributed by atoms with Crippen molar-refractivity contribution in [2.24, 2.45) is 7.05 Å². The van der Waals surface area contributed by atoms with E-state index in [1.807, 2.05) is 50.2 Å². The van der Waals surface area contributed by atoms with Crippen LogP contribution in [0, 0.1) is 20.8 Å². The highest BCUT2D eigenvalue weighted by Crippen LogP contribution is 2.31. The van der Waals surface area contributed by atoms with Crippen LogP contribution in [-0.2, 0) is 29.7 Å². The molecule has 0 atom stereocenters. The predicted octanol–water partition coefficient (Wildman–Crippen LogP) is 6.88. The van der Waals surface area contributed by atoms with Gasteiger partial charge in [-0.1, -0.05) is 66.7 Å². The van der Waals surface area contributed by atoms with Gasteiger partial charge in [0.05, 0.1) is 54.5 Å². The first-order valence-electron chi connectivity index (χ1n) is 14.1. The summed E-state index contributed by atoms with van der Waals surface area (Å²) < 4.78 is 14.3. The standard InChI is InChI=1S/C34H39N5O2/c1-25-22-26(2)35-27(3)32(25)37-34-36-30-16-11-17-31(33(30)38(34)4)39(18-20-40-23-28-12-7-5-8-13-28)19-21-41-24-29-14-9-6-10-15-29/h5-17,22H,18-21,23-24H2,1-4H3,(H,36,37). The van der Waals surface area contributed by atoms with Gasteiger partial charge in [0.2, 0.25) is 5.95 Å². The van der Waals surface area contributed by atoms with Crippen molar-refractivity contribution in [1.82, 2.24) is 14.5 Å². The molecule has 0 saturated heterocycles. The van der Waals surface area contributed by atoms with Gasteiger partial charge in [0.1, 0.15) is 0 Å². The molecule has 0 bridgehead atoms. The summed E-state index contributed by atoms with van der Waals surface area (Å²) >= 11 is 0. The highest BCUT2D eigenvalue weighted by Gasteiger charge is 2.18. The summed E-state index contributed by atoms with van der Waals surface area (Å²) in [6, 6.07) is 29.0. The van der Waals surface area contributed by atoms with Gasteiger partial charge in [-0.2, -0.15) is 0 Å². The van der Waals surface area contributed by atoms with Crippen molar-refractivity contribution in [3.05, 3.63) is 113 Å². The number of imidazole rings is 1. The minimum Gasteiger partial charge on any atom is -0.375 e. The Morgan fingerprint density at radius 2 is 1.37 bits per heavy atom. The van der Waals surface area contributed by atoms with Gasteiger partial charge in [0, 0.05) is 25.8 Å². The molecule has 0 amide bonds. The topological polar surface area (TPSA) is 64.4 Å². The van der Waals surface area contributed by atoms with Crippen molar-refractivity contribution < 1.29 is 9.47 Å². The highest BCUT2D eigenvalue weighted by atomic mass is 16.5. The van der Waals surface area contributed by atoms with Crippen LogP contribution in [0.3, 0.4) is 0 Å². The molecular weight excluding hydrogens is 510 g/mol. The summed E-state index contributed by atoms with van der Waals surface area (Å²) in [6.45, 7) is 9.99. The van der Waals surface area contributed by atoms with E-state index in [-0.39, 0.29) is 0 Å². The Morgan fingerprint density at radius 3 is 1.95 bits per heavy atom. The van der Waals surface area contributed by atoms with Crippen LogP contribution in [0.1, 0.15) is 28.1 Å². The minimum absolute atomic E-state index is 0.590. The fraction of sp³-hybridized carbons (Fsp3) is 0.294. The van der Waals surface area contributed by atoms with Crippen molar-refractivity contribution >= 4 is 28.4 Å². The number of ether oxygens (including phenoxy) is 2. The third-order valence-corrected chi connectivity index (χ3v) is 7.21. The number of pyridine rings is 1. The van der Waals surface area contributed by atoms with Crippen LogP contribution < -0.4 is 10.2 Å². The Labute approximate surface area is 242 Å². The molecule has 0 radical (unpaired) electrons. The quantitative estimate of drug-likeness (QED) is 0.162. The Bertz CT molecular complexity index is 1500. The monoisotopic (exact) mass is 549 g/mol. The van der Waals surface area contributed by atoms with E-state index in [2.05, 4.69) is 82.3 Å². The van der Waals surface area contributed by atoms with Gasteiger partial charge in [-0.25, -0.2) is 4.98 Å². The molecule has 5 rings (SSSR count). The molecule has 7 nitrogen and oxygen atoms in total. The molecule has 0 spiro atoms. The first-order chi connectivity index (χ1) is 20.0. The number of benzene rings is 3. The molecule has 3 aromatic carbocycles. The van der Waals surface area contributed by atoms with Gasteiger partial charge >= 0.3 is 0 Å². The molecule has 5 aromatic rings. The second-order valence-electron chi connectivity index (χ2n) is 10.4. The van der Waals surface area contributed by atoms with Crippen molar-refractivity contribution in [3.63, 3.8) is 0 Å². The zero-order valence-corrected chi connectivity index (χ0v) is 24.4. The summed E-state index contributed by atoms with van der Waals surface area (Å²) in [7, 11) is 2.06. The fourth-order valence-electron chi connectivity index (χ4n) is 5.17. The molecular formula is C34H39N5O2. The Balaban J connectivity index is 1.36. The van der Waals surface area contributed by atoms with Crippen molar-refractivity contribution in [2.45, 2.75) is 34.0 Å². The summed E-state index contributed by atoms with van der Waals surface area (Å²) in [4.78, 5) is 12.0. The lowest BCUT2D eigenvalue weighted by atomic mass is 10.1. The van der Waals surface area contributed by atoms with Crippen LogP contribution in [0.4, 0.5) is 17.3 Å². The largest absolute Gasteiger partial charge is 0.375 e. The van der Waals surface area contributed by atoms with E-state index in [1.54, 1.807) is 0 Å². The molecule has 0 saturated carbocycles. The molecule has 212 valence electrons. The molecule has 0 aliphatic heterocycles. The number of hydrogen-bond donors (Lipinski definition) is 1. The van der Waals surface area contributed by atoms with Crippen LogP contribution in [0.15, 0.2) is 84.9 Å². The molecule has 0 aliphatic carbocycles. The summed E-state index contributed by atoms with van der Waals surface area (Å²) in [5.41, 5.74) is 9.57. The zero-order valence-electron chi connectivity index (χ0n) is 24.4. The van der Waals surface area contributed by atoms with E-state index in [0.29, 0.717) is 26.4 Å². The second kappa shape index (κ2) is 13.4. The van der Waals surface area contributed by atoms with Gasteiger partial charge in [0.25, 0.3) is 0 Å². The number of fused-ring (bicyclic) bond motifs is 1. The first-order valence-corrected chi connectivity index (χ1v) is 14.1. The molecule has 0 fully saturated rings. The smallest absolute Gasteiger partial charge is 0.208 e. The molecule has 2 heterocycles. The van der Waals surface area contributed by atoms with Crippen LogP contribution >= 0.6 is 0 Å². The summed E-state index contributed by atoms with van der Waals surface area (Å²) in [5.74, 6) is 0.782. The fourth-order valence-corrected chi connectivity index (χ4v) is 5.17. The maximum atomic E-state index is 6.09. The summed E-state index contributed by atoms with van der Waals surface area (Å²) in [6.07, 6.45) is 0. The third kappa shape index (κ3) is 7.12. The van der Waals surface area contributed by atoms with Gasteiger partial charge in [-0.05, 0) is 55.7 Å². The molecule has 41 heavy (non-hydrogen) atoms.